The fourth-order valence-electron chi connectivity index (χ4n) is 6.03. The van der Waals surface area contributed by atoms with Crippen LogP contribution < -0.4 is 5.19 Å². The first kappa shape index (κ1) is 38.8. The van der Waals surface area contributed by atoms with Crippen molar-refractivity contribution < 1.29 is 30.0 Å². The van der Waals surface area contributed by atoms with E-state index in [1.54, 1.807) is 0 Å². The zero-order valence-corrected chi connectivity index (χ0v) is 33.3. The number of aromatic nitrogens is 1. The average molecular weight is 834 g/mol. The molecular weight excluding hydrogens is 785 g/mol. The Morgan fingerprint density at radius 2 is 1.42 bits per heavy atom. The molecule has 1 N–H and O–H groups in total. The van der Waals surface area contributed by atoms with Crippen LogP contribution in [-0.2, 0) is 24.9 Å². The van der Waals surface area contributed by atoms with Crippen LogP contribution in [0.5, 0.6) is 0 Å². The van der Waals surface area contributed by atoms with Crippen LogP contribution in [0.1, 0.15) is 72.8 Å². The molecule has 4 nitrogen and oxygen atoms in total. The number of nitriles is 1. The molecule has 253 valence electrons. The summed E-state index contributed by atoms with van der Waals surface area (Å²) in [5.74, 6) is 0.286. The predicted octanol–water partition coefficient (Wildman–Crippen LogP) is 11.1. The Bertz CT molecular complexity index is 1990. The first-order valence-corrected chi connectivity index (χ1v) is 20.4. The molecular formula is C42H49IrN2O2Si-. The summed E-state index contributed by atoms with van der Waals surface area (Å²) in [6.45, 7) is 19.2. The van der Waals surface area contributed by atoms with Gasteiger partial charge in [-0.1, -0.05) is 126 Å². The van der Waals surface area contributed by atoms with Gasteiger partial charge in [-0.2, -0.15) is 5.26 Å². The van der Waals surface area contributed by atoms with Crippen molar-refractivity contribution in [1.29, 1.82) is 5.26 Å². The molecule has 0 bridgehead atoms. The number of fused-ring (bicyclic) bond motifs is 4. The molecule has 1 heterocycles. The van der Waals surface area contributed by atoms with E-state index >= 15 is 0 Å². The van der Waals surface area contributed by atoms with Crippen molar-refractivity contribution in [3.8, 4) is 17.3 Å². The van der Waals surface area contributed by atoms with Crippen molar-refractivity contribution in [2.24, 2.45) is 10.8 Å². The maximum Gasteiger partial charge on any atom is 0.164 e. The van der Waals surface area contributed by atoms with E-state index in [2.05, 4.69) is 68.2 Å². The summed E-state index contributed by atoms with van der Waals surface area (Å²) in [5, 5.41) is 28.0. The van der Waals surface area contributed by atoms with Crippen molar-refractivity contribution in [3.63, 3.8) is 0 Å². The second kappa shape index (κ2) is 15.7. The topological polar surface area (TPSA) is 74.0 Å². The quantitative estimate of drug-likeness (QED) is 0.0528. The van der Waals surface area contributed by atoms with Gasteiger partial charge in [0.15, 0.2) is 5.78 Å². The summed E-state index contributed by atoms with van der Waals surface area (Å²) < 4.78 is 0. The third-order valence-corrected chi connectivity index (χ3v) is 12.4. The zero-order chi connectivity index (χ0) is 34.6. The fourth-order valence-corrected chi connectivity index (χ4v) is 7.65. The summed E-state index contributed by atoms with van der Waals surface area (Å²) in [5.41, 5.74) is 1.78. The van der Waals surface area contributed by atoms with Crippen molar-refractivity contribution in [2.45, 2.75) is 86.9 Å². The van der Waals surface area contributed by atoms with E-state index in [4.69, 9.17) is 4.98 Å². The van der Waals surface area contributed by atoms with Gasteiger partial charge in [0, 0.05) is 48.9 Å². The van der Waals surface area contributed by atoms with Crippen LogP contribution in [0.15, 0.2) is 84.8 Å². The number of nitrogens with zero attached hydrogens (tertiary/aromatic N) is 2. The van der Waals surface area contributed by atoms with Crippen LogP contribution in [0.4, 0.5) is 0 Å². The summed E-state index contributed by atoms with van der Waals surface area (Å²) in [6, 6.07) is 28.8. The van der Waals surface area contributed by atoms with E-state index in [0.717, 1.165) is 53.1 Å². The van der Waals surface area contributed by atoms with Crippen molar-refractivity contribution in [1.82, 2.24) is 4.98 Å². The third kappa shape index (κ3) is 7.81. The van der Waals surface area contributed by atoms with Gasteiger partial charge >= 0.3 is 0 Å². The second-order valence-corrected chi connectivity index (χ2v) is 19.2. The summed E-state index contributed by atoms with van der Waals surface area (Å²) in [7, 11) is -1.46. The molecule has 1 radical (unpaired) electrons. The van der Waals surface area contributed by atoms with Crippen LogP contribution in [0.25, 0.3) is 43.6 Å². The van der Waals surface area contributed by atoms with Crippen molar-refractivity contribution in [3.05, 3.63) is 96.4 Å². The van der Waals surface area contributed by atoms with Gasteiger partial charge in [0.25, 0.3) is 0 Å². The summed E-state index contributed by atoms with van der Waals surface area (Å²) >= 11 is 0. The first-order chi connectivity index (χ1) is 22.3. The summed E-state index contributed by atoms with van der Waals surface area (Å²) in [4.78, 5) is 16.9. The van der Waals surface area contributed by atoms with Gasteiger partial charge in [-0.25, -0.2) is 0 Å². The molecule has 0 aliphatic carbocycles. The predicted molar refractivity (Wildman–Crippen MR) is 202 cm³/mol. The van der Waals surface area contributed by atoms with Crippen LogP contribution in [-0.4, -0.2) is 23.9 Å². The Labute approximate surface area is 301 Å². The maximum atomic E-state index is 12.2. The maximum absolute atomic E-state index is 12.2. The Kier molecular flexibility index (Phi) is 12.7. The summed E-state index contributed by atoms with van der Waals surface area (Å²) in [6.07, 6.45) is 6.62. The van der Waals surface area contributed by atoms with Crippen LogP contribution >= 0.6 is 0 Å². The average Bonchev–Trinajstić information content (AvgIpc) is 3.09. The largest absolute Gasteiger partial charge is 0.512 e. The Hall–Kier alpha value is -3.62. The number of ketones is 1. The molecule has 5 rings (SSSR count). The number of carbonyl (C=O) groups excluding carboxylic acids is 1. The molecule has 0 unspecified atom stereocenters. The van der Waals surface area contributed by atoms with E-state index in [-0.39, 0.29) is 42.5 Å². The molecule has 1 aromatic heterocycles. The number of hydrogen-bond acceptors (Lipinski definition) is 4. The first-order valence-electron chi connectivity index (χ1n) is 16.9. The third-order valence-electron chi connectivity index (χ3n) is 10.4. The molecule has 0 fully saturated rings. The molecule has 0 atom stereocenters. The van der Waals surface area contributed by atoms with Gasteiger partial charge in [0.2, 0.25) is 0 Å². The number of benzene rings is 4. The molecule has 0 saturated heterocycles. The Morgan fingerprint density at radius 3 is 2.02 bits per heavy atom. The van der Waals surface area contributed by atoms with Crippen LogP contribution in [0.2, 0.25) is 19.6 Å². The molecule has 48 heavy (non-hydrogen) atoms. The SMILES string of the molecule is CCC(C)(CC)C(=O)/C=C(\O)C(C)(CC)CC.C[Si](C)(C)c1cccc2c1ccc1c(-c3[c-]c4ccccc4c(C#N)c3)nccc12.[Ir]. The zero-order valence-electron chi connectivity index (χ0n) is 29.9. The molecule has 0 aliphatic rings. The minimum Gasteiger partial charge on any atom is -0.512 e. The molecule has 5 aromatic rings. The van der Waals surface area contributed by atoms with Gasteiger partial charge in [-0.05, 0) is 58.9 Å². The van der Waals surface area contributed by atoms with Gasteiger partial charge < -0.3 is 5.11 Å². The number of aliphatic hydroxyl groups excluding tert-OH is 1. The molecule has 0 spiro atoms. The van der Waals surface area contributed by atoms with Gasteiger partial charge in [0.05, 0.1) is 14.1 Å². The van der Waals surface area contributed by atoms with Gasteiger partial charge in [-0.3, -0.25) is 9.78 Å². The monoisotopic (exact) mass is 834 g/mol. The molecule has 0 saturated carbocycles. The number of rotatable bonds is 9. The second-order valence-electron chi connectivity index (χ2n) is 14.2. The van der Waals surface area contributed by atoms with E-state index in [1.807, 2.05) is 78.1 Å². The molecule has 4 aromatic carbocycles. The number of allylic oxidation sites excluding steroid dienone is 2. The van der Waals surface area contributed by atoms with Crippen LogP contribution in [0, 0.1) is 28.2 Å². The Balaban J connectivity index is 0.000000301. The smallest absolute Gasteiger partial charge is 0.164 e. The molecule has 0 amide bonds. The van der Waals surface area contributed by atoms with E-state index in [9.17, 15) is 15.2 Å². The molecule has 0 aliphatic heterocycles. The standard InChI is InChI=1S/C27H21N2Si.C15H28O2.Ir/c1-30(2,3)26-10-6-9-22-23-13-14-29-27(25(23)12-11-24(22)26)19-15-18-7-4-5-8-21(18)20(16-19)17-28;1-7-14(5,8-2)12(16)11-13(17)15(6,9-3)10-4;/h4-14,16H,1-3H3;11,16H,7-10H2,1-6H3;/q-1;;/b;12-11-;. The van der Waals surface area contributed by atoms with Crippen molar-refractivity contribution in [2.75, 3.05) is 0 Å². The minimum atomic E-state index is -1.46. The van der Waals surface area contributed by atoms with Crippen LogP contribution in [0.3, 0.4) is 0 Å². The molecule has 6 heteroatoms. The number of aliphatic hydroxyl groups is 1. The number of hydrogen-bond donors (Lipinski definition) is 1. The van der Waals surface area contributed by atoms with Gasteiger partial charge in [-0.15, -0.1) is 23.6 Å². The van der Waals surface area contributed by atoms with E-state index < -0.39 is 8.07 Å². The number of carbonyl (C=O) groups is 1. The van der Waals surface area contributed by atoms with E-state index in [0.29, 0.717) is 5.56 Å². The fraction of sp³-hybridized carbons (Fsp3) is 0.357. The number of pyridine rings is 1. The van der Waals surface area contributed by atoms with E-state index in [1.165, 1.54) is 27.4 Å². The van der Waals surface area contributed by atoms with Crippen molar-refractivity contribution >= 4 is 51.4 Å². The minimum absolute atomic E-state index is 0. The normalized spacial score (nSPS) is 12.3. The Morgan fingerprint density at radius 1 is 0.833 bits per heavy atom. The van der Waals surface area contributed by atoms with Gasteiger partial charge in [0.1, 0.15) is 5.76 Å².